The van der Waals surface area contributed by atoms with Crippen molar-refractivity contribution in [2.45, 2.75) is 18.4 Å². The Morgan fingerprint density at radius 3 is 2.33 bits per heavy atom. The van der Waals surface area contributed by atoms with Gasteiger partial charge in [-0.15, -0.1) is 0 Å². The number of nitro groups is 1. The topological polar surface area (TPSA) is 98.5 Å². The third-order valence-corrected chi connectivity index (χ3v) is 4.40. The number of ether oxygens (including phenoxy) is 1. The number of aryl methyl sites for hydroxylation is 1. The van der Waals surface area contributed by atoms with Crippen molar-refractivity contribution in [2.75, 3.05) is 4.72 Å². The zero-order valence-corrected chi connectivity index (χ0v) is 13.1. The highest BCUT2D eigenvalue weighted by Crippen LogP contribution is 2.25. The number of benzene rings is 2. The van der Waals surface area contributed by atoms with Crippen LogP contribution in [0.5, 0.6) is 5.75 Å². The fraction of sp³-hybridized carbons (Fsp3) is 0.143. The monoisotopic (exact) mass is 358 g/mol. The molecule has 0 aliphatic rings. The first-order valence-electron chi connectivity index (χ1n) is 6.52. The molecule has 0 bridgehead atoms. The molecule has 0 heterocycles. The Morgan fingerprint density at radius 2 is 1.79 bits per heavy atom. The molecule has 0 unspecified atom stereocenters. The van der Waals surface area contributed by atoms with Crippen LogP contribution in [0.15, 0.2) is 47.4 Å². The molecule has 1 N–H and O–H groups in total. The maximum absolute atomic E-state index is 12.3. The number of nitro benzene ring substituents is 1. The number of hydrogen-bond acceptors (Lipinski definition) is 5. The van der Waals surface area contributed by atoms with Crippen LogP contribution in [0.3, 0.4) is 0 Å². The number of alkyl halides is 2. The minimum Gasteiger partial charge on any atom is -0.435 e. The van der Waals surface area contributed by atoms with Gasteiger partial charge < -0.3 is 4.74 Å². The summed E-state index contributed by atoms with van der Waals surface area (Å²) in [5, 5.41) is 10.9. The summed E-state index contributed by atoms with van der Waals surface area (Å²) < 4.78 is 55.0. The largest absolute Gasteiger partial charge is 0.435 e. The number of anilines is 1. The van der Waals surface area contributed by atoms with Crippen LogP contribution >= 0.6 is 0 Å². The van der Waals surface area contributed by atoms with Gasteiger partial charge in [-0.3, -0.25) is 14.8 Å². The summed E-state index contributed by atoms with van der Waals surface area (Å²) in [5.74, 6) is -0.126. The molecule has 0 aliphatic heterocycles. The van der Waals surface area contributed by atoms with E-state index in [1.807, 2.05) is 0 Å². The maximum atomic E-state index is 12.3. The molecule has 0 radical (unpaired) electrons. The van der Waals surface area contributed by atoms with Gasteiger partial charge in [0, 0.05) is 17.3 Å². The molecule has 2 aromatic rings. The lowest BCUT2D eigenvalue weighted by molar-refractivity contribution is -0.385. The summed E-state index contributed by atoms with van der Waals surface area (Å²) in [6.07, 6.45) is 0. The molecular formula is C14H12F2N2O5S. The minimum atomic E-state index is -4.07. The van der Waals surface area contributed by atoms with Gasteiger partial charge in [-0.25, -0.2) is 8.42 Å². The van der Waals surface area contributed by atoms with Gasteiger partial charge in [0.1, 0.15) is 5.75 Å². The lowest BCUT2D eigenvalue weighted by atomic mass is 10.2. The van der Waals surface area contributed by atoms with E-state index >= 15 is 0 Å². The van der Waals surface area contributed by atoms with E-state index in [-0.39, 0.29) is 22.0 Å². The van der Waals surface area contributed by atoms with E-state index < -0.39 is 21.6 Å². The molecule has 128 valence electrons. The van der Waals surface area contributed by atoms with Gasteiger partial charge in [0.05, 0.1) is 9.82 Å². The normalized spacial score (nSPS) is 11.3. The van der Waals surface area contributed by atoms with Gasteiger partial charge in [-0.05, 0) is 37.3 Å². The zero-order valence-electron chi connectivity index (χ0n) is 12.3. The summed E-state index contributed by atoms with van der Waals surface area (Å²) in [6, 6.07) is 8.32. The number of sulfonamides is 1. The lowest BCUT2D eigenvalue weighted by Crippen LogP contribution is -2.13. The van der Waals surface area contributed by atoms with Crippen molar-refractivity contribution in [1.29, 1.82) is 0 Å². The smallest absolute Gasteiger partial charge is 0.387 e. The molecule has 0 spiro atoms. The predicted molar refractivity (Wildman–Crippen MR) is 81.7 cm³/mol. The SMILES string of the molecule is Cc1ccc(S(=O)(=O)Nc2ccc(OC(F)F)cc2)cc1[N+](=O)[O-]. The predicted octanol–water partition coefficient (Wildman–Crippen LogP) is 3.31. The molecule has 0 aliphatic carbocycles. The Hall–Kier alpha value is -2.75. The molecule has 0 aromatic heterocycles. The number of nitrogens with zero attached hydrogens (tertiary/aromatic N) is 1. The van der Waals surface area contributed by atoms with Gasteiger partial charge in [0.2, 0.25) is 0 Å². The van der Waals surface area contributed by atoms with Crippen LogP contribution in [0.2, 0.25) is 0 Å². The van der Waals surface area contributed by atoms with E-state index in [9.17, 15) is 27.3 Å². The summed E-state index contributed by atoms with van der Waals surface area (Å²) in [6.45, 7) is -1.50. The molecule has 0 amide bonds. The van der Waals surface area contributed by atoms with Crippen LogP contribution in [0, 0.1) is 17.0 Å². The van der Waals surface area contributed by atoms with E-state index in [2.05, 4.69) is 9.46 Å². The number of nitrogens with one attached hydrogen (secondary N) is 1. The van der Waals surface area contributed by atoms with Crippen LogP contribution < -0.4 is 9.46 Å². The van der Waals surface area contributed by atoms with Crippen LogP contribution in [0.4, 0.5) is 20.2 Å². The molecule has 0 saturated carbocycles. The first-order chi connectivity index (χ1) is 11.2. The highest BCUT2D eigenvalue weighted by molar-refractivity contribution is 7.92. The number of hydrogen-bond donors (Lipinski definition) is 1. The maximum Gasteiger partial charge on any atom is 0.387 e. The van der Waals surface area contributed by atoms with Crippen molar-refractivity contribution in [2.24, 2.45) is 0 Å². The highest BCUT2D eigenvalue weighted by Gasteiger charge is 2.20. The highest BCUT2D eigenvalue weighted by atomic mass is 32.2. The Bertz CT molecular complexity index is 854. The quantitative estimate of drug-likeness (QED) is 0.631. The second-order valence-electron chi connectivity index (χ2n) is 4.71. The summed E-state index contributed by atoms with van der Waals surface area (Å²) in [5.41, 5.74) is 0.103. The van der Waals surface area contributed by atoms with Crippen molar-refractivity contribution in [1.82, 2.24) is 0 Å². The number of rotatable bonds is 6. The average Bonchev–Trinajstić information content (AvgIpc) is 2.48. The molecular weight excluding hydrogens is 346 g/mol. The summed E-state index contributed by atoms with van der Waals surface area (Å²) >= 11 is 0. The molecule has 0 saturated heterocycles. The first kappa shape index (κ1) is 17.6. The minimum absolute atomic E-state index is 0.0971. The van der Waals surface area contributed by atoms with Crippen molar-refractivity contribution >= 4 is 21.4 Å². The Kier molecular flexibility index (Phi) is 4.98. The van der Waals surface area contributed by atoms with Crippen molar-refractivity contribution in [3.8, 4) is 5.75 Å². The van der Waals surface area contributed by atoms with Crippen LogP contribution in [0.25, 0.3) is 0 Å². The van der Waals surface area contributed by atoms with Crippen LogP contribution in [0.1, 0.15) is 5.56 Å². The zero-order chi connectivity index (χ0) is 17.9. The molecule has 10 heteroatoms. The molecule has 0 fully saturated rings. The first-order valence-corrected chi connectivity index (χ1v) is 8.00. The fourth-order valence-electron chi connectivity index (χ4n) is 1.87. The third-order valence-electron chi connectivity index (χ3n) is 3.02. The molecule has 2 aromatic carbocycles. The fourth-order valence-corrected chi connectivity index (χ4v) is 2.95. The van der Waals surface area contributed by atoms with Gasteiger partial charge in [-0.1, -0.05) is 6.07 Å². The third kappa shape index (κ3) is 4.16. The molecule has 2 rings (SSSR count). The lowest BCUT2D eigenvalue weighted by Gasteiger charge is -2.10. The van der Waals surface area contributed by atoms with E-state index in [0.29, 0.717) is 5.56 Å². The van der Waals surface area contributed by atoms with E-state index in [4.69, 9.17) is 0 Å². The Balaban J connectivity index is 2.25. The van der Waals surface area contributed by atoms with Crippen molar-refractivity contribution in [3.63, 3.8) is 0 Å². The van der Waals surface area contributed by atoms with Gasteiger partial charge in [0.15, 0.2) is 0 Å². The van der Waals surface area contributed by atoms with Gasteiger partial charge in [-0.2, -0.15) is 8.78 Å². The van der Waals surface area contributed by atoms with Crippen LogP contribution in [-0.2, 0) is 10.0 Å². The molecule has 24 heavy (non-hydrogen) atoms. The summed E-state index contributed by atoms with van der Waals surface area (Å²) in [7, 11) is -4.07. The van der Waals surface area contributed by atoms with Gasteiger partial charge >= 0.3 is 6.61 Å². The second-order valence-corrected chi connectivity index (χ2v) is 6.40. The van der Waals surface area contributed by atoms with E-state index in [1.54, 1.807) is 0 Å². The standard InChI is InChI=1S/C14H12F2N2O5S/c1-9-2-7-12(8-13(9)18(19)20)24(21,22)17-10-3-5-11(6-4-10)23-14(15)16/h2-8,14,17H,1H3. The average molecular weight is 358 g/mol. The van der Waals surface area contributed by atoms with Gasteiger partial charge in [0.25, 0.3) is 15.7 Å². The Labute approximate surface area is 136 Å². The van der Waals surface area contributed by atoms with E-state index in [0.717, 1.165) is 6.07 Å². The number of halogens is 2. The molecule has 0 atom stereocenters. The van der Waals surface area contributed by atoms with Crippen molar-refractivity contribution in [3.05, 3.63) is 58.1 Å². The van der Waals surface area contributed by atoms with Crippen LogP contribution in [-0.4, -0.2) is 20.0 Å². The summed E-state index contributed by atoms with van der Waals surface area (Å²) in [4.78, 5) is 9.94. The van der Waals surface area contributed by atoms with E-state index in [1.165, 1.54) is 43.3 Å². The molecule has 7 nitrogen and oxygen atoms in total. The Morgan fingerprint density at radius 1 is 1.17 bits per heavy atom. The second kappa shape index (κ2) is 6.79. The van der Waals surface area contributed by atoms with Crippen molar-refractivity contribution < 1.29 is 26.9 Å².